The summed E-state index contributed by atoms with van der Waals surface area (Å²) in [6.45, 7) is 0. The number of benzene rings is 2. The van der Waals surface area contributed by atoms with E-state index < -0.39 is 5.97 Å². The third-order valence-electron chi connectivity index (χ3n) is 2.47. The second kappa shape index (κ2) is 4.50. The lowest BCUT2D eigenvalue weighted by Gasteiger charge is -2.01. The van der Waals surface area contributed by atoms with Crippen LogP contribution in [0.5, 0.6) is 0 Å². The number of fused-ring (bicyclic) bond motifs is 1. The molecule has 2 aromatic rings. The number of carbonyl (C=O) groups is 1. The first-order valence-electron chi connectivity index (χ1n) is 5.05. The Morgan fingerprint density at radius 2 is 1.88 bits per heavy atom. The number of hydrogen-bond donors (Lipinski definition) is 1. The maximum absolute atomic E-state index is 10.8. The van der Waals surface area contributed by atoms with Crippen molar-refractivity contribution < 1.29 is 9.90 Å². The summed E-state index contributed by atoms with van der Waals surface area (Å²) < 4.78 is 0. The summed E-state index contributed by atoms with van der Waals surface area (Å²) in [5, 5.41) is 19.5. The van der Waals surface area contributed by atoms with Crippen molar-refractivity contribution in [3.8, 4) is 6.07 Å². The van der Waals surface area contributed by atoms with Gasteiger partial charge in [0, 0.05) is 0 Å². The summed E-state index contributed by atoms with van der Waals surface area (Å²) >= 11 is 0. The van der Waals surface area contributed by atoms with Gasteiger partial charge in [-0.05, 0) is 22.4 Å². The summed E-state index contributed by atoms with van der Waals surface area (Å²) in [6, 6.07) is 14.9. The highest BCUT2D eigenvalue weighted by atomic mass is 16.4. The van der Waals surface area contributed by atoms with Gasteiger partial charge in [0.05, 0.1) is 0 Å². The number of hydrogen-bond acceptors (Lipinski definition) is 2. The zero-order valence-corrected chi connectivity index (χ0v) is 8.92. The van der Waals surface area contributed by atoms with Gasteiger partial charge in [0.15, 0.2) is 0 Å². The summed E-state index contributed by atoms with van der Waals surface area (Å²) in [5.74, 6) is -1.21. The highest BCUT2D eigenvalue weighted by Crippen LogP contribution is 2.20. The maximum Gasteiger partial charge on any atom is 0.346 e. The normalized spacial score (nSPS) is 11.1. The van der Waals surface area contributed by atoms with Gasteiger partial charge in [0.25, 0.3) is 0 Å². The van der Waals surface area contributed by atoms with Crippen LogP contribution in [0.2, 0.25) is 0 Å². The van der Waals surface area contributed by atoms with Gasteiger partial charge in [-0.25, -0.2) is 4.79 Å². The van der Waals surface area contributed by atoms with E-state index >= 15 is 0 Å². The summed E-state index contributed by atoms with van der Waals surface area (Å²) in [4.78, 5) is 10.8. The molecule has 3 heteroatoms. The van der Waals surface area contributed by atoms with E-state index in [2.05, 4.69) is 0 Å². The third-order valence-corrected chi connectivity index (χ3v) is 2.47. The molecule has 2 aromatic carbocycles. The van der Waals surface area contributed by atoms with Crippen LogP contribution < -0.4 is 0 Å². The van der Waals surface area contributed by atoms with Crippen molar-refractivity contribution in [3.63, 3.8) is 0 Å². The van der Waals surface area contributed by atoms with E-state index in [0.29, 0.717) is 0 Å². The van der Waals surface area contributed by atoms with Crippen molar-refractivity contribution in [3.05, 3.63) is 53.6 Å². The highest BCUT2D eigenvalue weighted by molar-refractivity contribution is 6.00. The number of carboxylic acids is 1. The first-order chi connectivity index (χ1) is 8.22. The molecule has 0 unspecified atom stereocenters. The molecule has 17 heavy (non-hydrogen) atoms. The second-order valence-corrected chi connectivity index (χ2v) is 3.54. The van der Waals surface area contributed by atoms with Gasteiger partial charge in [-0.15, -0.1) is 0 Å². The Kier molecular flexibility index (Phi) is 2.89. The lowest BCUT2D eigenvalue weighted by Crippen LogP contribution is -1.97. The first kappa shape index (κ1) is 10.9. The van der Waals surface area contributed by atoms with E-state index in [0.717, 1.165) is 16.3 Å². The van der Waals surface area contributed by atoms with Crippen molar-refractivity contribution in [1.29, 1.82) is 5.26 Å². The van der Waals surface area contributed by atoms with Gasteiger partial charge in [-0.2, -0.15) is 5.26 Å². The third kappa shape index (κ3) is 2.16. The molecule has 0 radical (unpaired) electrons. The molecule has 0 spiro atoms. The highest BCUT2D eigenvalue weighted by Gasteiger charge is 2.06. The lowest BCUT2D eigenvalue weighted by atomic mass is 10.0. The molecule has 0 saturated carbocycles. The molecule has 0 aromatic heterocycles. The van der Waals surface area contributed by atoms with Gasteiger partial charge in [-0.1, -0.05) is 42.5 Å². The Balaban J connectivity index is 2.65. The predicted octanol–water partition coefficient (Wildman–Crippen LogP) is 2.83. The molecule has 0 fully saturated rings. The number of aliphatic carboxylic acids is 1. The van der Waals surface area contributed by atoms with Gasteiger partial charge < -0.3 is 5.11 Å². The van der Waals surface area contributed by atoms with Crippen LogP contribution in [-0.2, 0) is 4.79 Å². The predicted molar refractivity (Wildman–Crippen MR) is 65.2 cm³/mol. The molecule has 0 bridgehead atoms. The minimum absolute atomic E-state index is 0.263. The molecule has 0 heterocycles. The molecule has 0 aliphatic rings. The van der Waals surface area contributed by atoms with Crippen LogP contribution >= 0.6 is 0 Å². The van der Waals surface area contributed by atoms with Crippen LogP contribution in [0.25, 0.3) is 16.8 Å². The summed E-state index contributed by atoms with van der Waals surface area (Å²) in [5.41, 5.74) is 0.475. The molecule has 0 atom stereocenters. The zero-order valence-electron chi connectivity index (χ0n) is 8.92. The molecule has 3 nitrogen and oxygen atoms in total. The fourth-order valence-electron chi connectivity index (χ4n) is 1.67. The van der Waals surface area contributed by atoms with Crippen molar-refractivity contribution in [2.45, 2.75) is 0 Å². The molecule has 0 aliphatic carbocycles. The fourth-order valence-corrected chi connectivity index (χ4v) is 1.67. The molecule has 0 amide bonds. The van der Waals surface area contributed by atoms with E-state index in [4.69, 9.17) is 10.4 Å². The van der Waals surface area contributed by atoms with Crippen LogP contribution in [0, 0.1) is 11.3 Å². The van der Waals surface area contributed by atoms with Gasteiger partial charge in [-0.3, -0.25) is 0 Å². The molecule has 2 rings (SSSR count). The van der Waals surface area contributed by atoms with Crippen LogP contribution in [0.1, 0.15) is 5.56 Å². The minimum atomic E-state index is -1.21. The largest absolute Gasteiger partial charge is 0.477 e. The molecular weight excluding hydrogens is 214 g/mol. The van der Waals surface area contributed by atoms with Crippen LogP contribution in [0.3, 0.4) is 0 Å². The SMILES string of the molecule is N#C/C(=C/c1cccc2ccccc12)C(=O)O. The maximum atomic E-state index is 10.8. The Bertz CT molecular complexity index is 645. The first-order valence-corrected chi connectivity index (χ1v) is 5.05. The molecular formula is C14H9NO2. The molecule has 0 saturated heterocycles. The average molecular weight is 223 g/mol. The van der Waals surface area contributed by atoms with E-state index in [1.165, 1.54) is 6.08 Å². The van der Waals surface area contributed by atoms with E-state index in [1.54, 1.807) is 12.1 Å². The molecule has 0 aliphatic heterocycles. The Morgan fingerprint density at radius 3 is 2.59 bits per heavy atom. The van der Waals surface area contributed by atoms with Crippen molar-refractivity contribution in [2.75, 3.05) is 0 Å². The van der Waals surface area contributed by atoms with Crippen LogP contribution in [0.15, 0.2) is 48.0 Å². The quantitative estimate of drug-likeness (QED) is 0.629. The smallest absolute Gasteiger partial charge is 0.346 e. The van der Waals surface area contributed by atoms with Gasteiger partial charge in [0.1, 0.15) is 11.6 Å². The van der Waals surface area contributed by atoms with Gasteiger partial charge in [0.2, 0.25) is 0 Å². The van der Waals surface area contributed by atoms with Crippen LogP contribution in [-0.4, -0.2) is 11.1 Å². The molecule has 1 N–H and O–H groups in total. The zero-order chi connectivity index (χ0) is 12.3. The van der Waals surface area contributed by atoms with E-state index in [9.17, 15) is 4.79 Å². The van der Waals surface area contributed by atoms with Crippen LogP contribution in [0.4, 0.5) is 0 Å². The second-order valence-electron chi connectivity index (χ2n) is 3.54. The van der Waals surface area contributed by atoms with Crippen molar-refractivity contribution in [1.82, 2.24) is 0 Å². The van der Waals surface area contributed by atoms with Crippen molar-refractivity contribution >= 4 is 22.8 Å². The Labute approximate surface area is 98.2 Å². The number of rotatable bonds is 2. The average Bonchev–Trinajstić information content (AvgIpc) is 2.35. The number of nitriles is 1. The fraction of sp³-hybridized carbons (Fsp3) is 0. The summed E-state index contributed by atoms with van der Waals surface area (Å²) in [6.07, 6.45) is 1.39. The van der Waals surface area contributed by atoms with Gasteiger partial charge >= 0.3 is 5.97 Å². The number of carboxylic acid groups (broad SMARTS) is 1. The Hall–Kier alpha value is -2.60. The lowest BCUT2D eigenvalue weighted by molar-refractivity contribution is -0.132. The number of nitrogens with zero attached hydrogens (tertiary/aromatic N) is 1. The van der Waals surface area contributed by atoms with E-state index in [1.807, 2.05) is 36.4 Å². The standard InChI is InChI=1S/C14H9NO2/c15-9-12(14(16)17)8-11-6-3-5-10-4-1-2-7-13(10)11/h1-8H,(H,16,17)/b12-8-. The molecule has 82 valence electrons. The Morgan fingerprint density at radius 1 is 1.18 bits per heavy atom. The minimum Gasteiger partial charge on any atom is -0.477 e. The topological polar surface area (TPSA) is 61.1 Å². The monoisotopic (exact) mass is 223 g/mol. The summed E-state index contributed by atoms with van der Waals surface area (Å²) in [7, 11) is 0. The van der Waals surface area contributed by atoms with Crippen molar-refractivity contribution in [2.24, 2.45) is 0 Å². The van der Waals surface area contributed by atoms with E-state index in [-0.39, 0.29) is 5.57 Å².